The van der Waals surface area contributed by atoms with Crippen LogP contribution >= 0.6 is 0 Å². The molecule has 1 fully saturated rings. The number of esters is 2. The number of hydrogen-bond acceptors (Lipinski definition) is 11. The Hall–Kier alpha value is -3.69. The average molecular weight is 917 g/mol. The summed E-state index contributed by atoms with van der Waals surface area (Å²) in [4.78, 5) is 25.4. The van der Waals surface area contributed by atoms with Crippen molar-refractivity contribution in [2.45, 2.75) is 179 Å². The van der Waals surface area contributed by atoms with Crippen LogP contribution in [0.4, 0.5) is 0 Å². The Morgan fingerprint density at radius 2 is 0.953 bits per heavy atom. The van der Waals surface area contributed by atoms with Gasteiger partial charge in [0.05, 0.1) is 6.61 Å². The second kappa shape index (κ2) is 39.7. The maximum atomic E-state index is 12.8. The number of carbonyl (C=O) groups excluding carboxylic acids is 2. The van der Waals surface area contributed by atoms with Crippen LogP contribution in [0.2, 0.25) is 0 Å². The van der Waals surface area contributed by atoms with Gasteiger partial charge >= 0.3 is 11.9 Å². The van der Waals surface area contributed by atoms with Crippen LogP contribution < -0.4 is 0 Å². The van der Waals surface area contributed by atoms with Gasteiger partial charge in [0.25, 0.3) is 10.1 Å². The third kappa shape index (κ3) is 33.8. The average Bonchev–Trinajstić information content (AvgIpc) is 3.26. The van der Waals surface area contributed by atoms with E-state index in [4.69, 9.17) is 18.9 Å². The van der Waals surface area contributed by atoms with Crippen molar-refractivity contribution >= 4 is 22.1 Å². The molecule has 6 atom stereocenters. The fourth-order valence-corrected chi connectivity index (χ4v) is 6.87. The first-order valence-electron chi connectivity index (χ1n) is 23.4. The van der Waals surface area contributed by atoms with Gasteiger partial charge in [-0.05, 0) is 89.9 Å². The molecule has 0 aromatic heterocycles. The van der Waals surface area contributed by atoms with Crippen molar-refractivity contribution in [1.82, 2.24) is 0 Å². The Labute approximate surface area is 385 Å². The minimum atomic E-state index is -4.63. The molecular formula is C51H80O12S. The van der Waals surface area contributed by atoms with E-state index in [0.29, 0.717) is 19.3 Å². The zero-order chi connectivity index (χ0) is 46.9. The predicted octanol–water partition coefficient (Wildman–Crippen LogP) is 10.0. The molecule has 1 aliphatic rings. The molecule has 13 heteroatoms. The molecule has 2 unspecified atom stereocenters. The second-order valence-electron chi connectivity index (χ2n) is 15.7. The molecule has 64 heavy (non-hydrogen) atoms. The van der Waals surface area contributed by atoms with Gasteiger partial charge in [-0.1, -0.05) is 149 Å². The zero-order valence-corrected chi connectivity index (χ0v) is 39.4. The summed E-state index contributed by atoms with van der Waals surface area (Å²) >= 11 is 0. The van der Waals surface area contributed by atoms with E-state index in [0.717, 1.165) is 57.8 Å². The maximum absolute atomic E-state index is 12.8. The number of rotatable bonds is 37. The summed E-state index contributed by atoms with van der Waals surface area (Å²) in [5.74, 6) is -2.18. The van der Waals surface area contributed by atoms with Crippen LogP contribution in [0.25, 0.3) is 0 Å². The summed E-state index contributed by atoms with van der Waals surface area (Å²) in [5, 5.41) is 30.9. The lowest BCUT2D eigenvalue weighted by Gasteiger charge is -2.40. The Morgan fingerprint density at radius 1 is 0.531 bits per heavy atom. The molecule has 0 aromatic rings. The van der Waals surface area contributed by atoms with Crippen LogP contribution in [0.5, 0.6) is 0 Å². The molecule has 0 bridgehead atoms. The molecule has 0 amide bonds. The molecule has 0 spiro atoms. The van der Waals surface area contributed by atoms with Crippen LogP contribution in [0, 0.1) is 0 Å². The van der Waals surface area contributed by atoms with Crippen LogP contribution in [0.3, 0.4) is 0 Å². The van der Waals surface area contributed by atoms with Crippen LogP contribution in [0.15, 0.2) is 109 Å². The number of aliphatic hydroxyl groups is 3. The molecule has 0 aromatic carbocycles. The summed E-state index contributed by atoms with van der Waals surface area (Å²) in [6.45, 7) is 3.58. The molecule has 1 aliphatic heterocycles. The zero-order valence-electron chi connectivity index (χ0n) is 38.6. The Morgan fingerprint density at radius 3 is 1.39 bits per heavy atom. The molecule has 0 aliphatic carbocycles. The smallest absolute Gasteiger partial charge is 0.306 e. The number of hydrogen-bond donors (Lipinski definition) is 4. The SMILES string of the molecule is CCCCC/C=C/C/C=C/C/C=C/C/C=C/C/C=C/CCC(=O)OC[C@H](CO[C@H]1O[C@H](CS(=O)(=O)O)[C@@H](O)C(O)C1O)OC(=O)CCC/C=C/C/C=C/C/C=C/C/C=C/CCCCC. The van der Waals surface area contributed by atoms with Gasteiger partial charge in [0, 0.05) is 12.8 Å². The Balaban J connectivity index is 2.54. The van der Waals surface area contributed by atoms with Crippen molar-refractivity contribution in [3.63, 3.8) is 0 Å². The molecule has 4 N–H and O–H groups in total. The Bertz CT molecular complexity index is 1590. The first kappa shape index (κ1) is 58.3. The minimum absolute atomic E-state index is 0.0661. The van der Waals surface area contributed by atoms with Gasteiger partial charge in [0.2, 0.25) is 0 Å². The van der Waals surface area contributed by atoms with Gasteiger partial charge in [0.1, 0.15) is 36.8 Å². The highest BCUT2D eigenvalue weighted by molar-refractivity contribution is 7.85. The summed E-state index contributed by atoms with van der Waals surface area (Å²) in [6.07, 6.45) is 45.7. The van der Waals surface area contributed by atoms with Gasteiger partial charge in [-0.3, -0.25) is 14.1 Å². The minimum Gasteiger partial charge on any atom is -0.462 e. The third-order valence-corrected chi connectivity index (χ3v) is 10.6. The number of allylic oxidation sites excluding steroid dienone is 18. The third-order valence-electron chi connectivity index (χ3n) is 9.84. The van der Waals surface area contributed by atoms with Gasteiger partial charge < -0.3 is 34.3 Å². The van der Waals surface area contributed by atoms with E-state index in [1.165, 1.54) is 38.5 Å². The fourth-order valence-electron chi connectivity index (χ4n) is 6.18. The van der Waals surface area contributed by atoms with Crippen molar-refractivity contribution in [2.75, 3.05) is 19.0 Å². The molecule has 1 rings (SSSR count). The largest absolute Gasteiger partial charge is 0.462 e. The summed E-state index contributed by atoms with van der Waals surface area (Å²) in [6, 6.07) is 0. The van der Waals surface area contributed by atoms with Crippen molar-refractivity contribution in [2.24, 2.45) is 0 Å². The van der Waals surface area contributed by atoms with Crippen LogP contribution in [0.1, 0.15) is 142 Å². The van der Waals surface area contributed by atoms with Crippen LogP contribution in [-0.4, -0.2) is 96.0 Å². The molecular weight excluding hydrogens is 837 g/mol. The van der Waals surface area contributed by atoms with Crippen molar-refractivity contribution < 1.29 is 56.8 Å². The fraction of sp³-hybridized carbons (Fsp3) is 0.608. The number of aliphatic hydroxyl groups excluding tert-OH is 3. The number of ether oxygens (including phenoxy) is 4. The molecule has 0 radical (unpaired) electrons. The lowest BCUT2D eigenvalue weighted by atomic mass is 10.00. The lowest BCUT2D eigenvalue weighted by Crippen LogP contribution is -2.60. The maximum Gasteiger partial charge on any atom is 0.306 e. The van der Waals surface area contributed by atoms with Gasteiger partial charge in [-0.15, -0.1) is 0 Å². The van der Waals surface area contributed by atoms with E-state index >= 15 is 0 Å². The standard InChI is InChI=1S/C51H80O12S/c1-3-5-7-9-11-13-15-17-19-21-22-24-25-27-29-31-33-35-37-39-46(52)60-41-44(42-61-51-50(56)49(55)48(54)45(63-51)43-64(57,58)59)62-47(53)40-38-36-34-32-30-28-26-23-20-18-16-14-12-10-8-6-4-2/h11-14,17-20,22,24,26-29,32-35,44-45,48-51,54-56H,3-10,15-16,21,23,25,30-31,36-43H2,1-2H3,(H,57,58,59)/b13-11+,14-12+,19-17+,20-18+,24-22+,28-26+,29-27+,34-32+,35-33+/t44-,45-,48-,49?,50?,51+/m1/s1. The van der Waals surface area contributed by atoms with Crippen LogP contribution in [-0.2, 0) is 38.7 Å². The molecule has 1 saturated heterocycles. The summed E-state index contributed by atoms with van der Waals surface area (Å²) < 4.78 is 54.0. The van der Waals surface area contributed by atoms with Crippen molar-refractivity contribution in [3.05, 3.63) is 109 Å². The van der Waals surface area contributed by atoms with E-state index in [1.807, 2.05) is 24.3 Å². The first-order chi connectivity index (χ1) is 31.0. The highest BCUT2D eigenvalue weighted by Gasteiger charge is 2.46. The van der Waals surface area contributed by atoms with E-state index in [1.54, 1.807) is 0 Å². The van der Waals surface area contributed by atoms with Gasteiger partial charge in [-0.25, -0.2) is 0 Å². The normalized spacial score (nSPS) is 20.6. The molecule has 1 heterocycles. The molecule has 362 valence electrons. The lowest BCUT2D eigenvalue weighted by molar-refractivity contribution is -0.297. The highest BCUT2D eigenvalue weighted by atomic mass is 32.2. The van der Waals surface area contributed by atoms with Gasteiger partial charge in [0.15, 0.2) is 12.4 Å². The highest BCUT2D eigenvalue weighted by Crippen LogP contribution is 2.24. The van der Waals surface area contributed by atoms with E-state index < -0.39 is 71.2 Å². The van der Waals surface area contributed by atoms with E-state index in [9.17, 15) is 37.9 Å². The summed E-state index contributed by atoms with van der Waals surface area (Å²) in [7, 11) is -4.63. The topological polar surface area (TPSA) is 186 Å². The van der Waals surface area contributed by atoms with Crippen molar-refractivity contribution in [3.8, 4) is 0 Å². The van der Waals surface area contributed by atoms with Gasteiger partial charge in [-0.2, -0.15) is 8.42 Å². The Kier molecular flexibility index (Phi) is 36.1. The van der Waals surface area contributed by atoms with Crippen molar-refractivity contribution in [1.29, 1.82) is 0 Å². The van der Waals surface area contributed by atoms with E-state index in [2.05, 4.69) is 98.9 Å². The first-order valence-corrected chi connectivity index (χ1v) is 25.1. The molecule has 0 saturated carbocycles. The predicted molar refractivity (Wildman–Crippen MR) is 256 cm³/mol. The second-order valence-corrected chi connectivity index (χ2v) is 17.2. The number of carbonyl (C=O) groups is 2. The quantitative estimate of drug-likeness (QED) is 0.0200. The number of unbranched alkanes of at least 4 members (excludes halogenated alkanes) is 7. The monoisotopic (exact) mass is 917 g/mol. The summed E-state index contributed by atoms with van der Waals surface area (Å²) in [5.41, 5.74) is 0. The van der Waals surface area contributed by atoms with E-state index in [-0.39, 0.29) is 19.4 Å². The molecule has 12 nitrogen and oxygen atoms in total.